The first-order valence-corrected chi connectivity index (χ1v) is 5.88. The van der Waals surface area contributed by atoms with E-state index in [-0.39, 0.29) is 0 Å². The van der Waals surface area contributed by atoms with Gasteiger partial charge in [0.25, 0.3) is 0 Å². The van der Waals surface area contributed by atoms with Crippen molar-refractivity contribution in [3.63, 3.8) is 0 Å². The minimum absolute atomic E-state index is 0.545. The maximum absolute atomic E-state index is 4.67. The van der Waals surface area contributed by atoms with Crippen LogP contribution < -0.4 is 5.32 Å². The van der Waals surface area contributed by atoms with Gasteiger partial charge in [-0.25, -0.2) is 0 Å². The number of nitrogens with one attached hydrogen (secondary N) is 1. The summed E-state index contributed by atoms with van der Waals surface area (Å²) in [6, 6.07) is 1.21. The van der Waals surface area contributed by atoms with Crippen LogP contribution >= 0.6 is 0 Å². The molecular formula is C12H22N2. The molecule has 1 heterocycles. The Bertz CT molecular complexity index is 243. The van der Waals surface area contributed by atoms with E-state index in [1.54, 1.807) is 0 Å². The summed E-state index contributed by atoms with van der Waals surface area (Å²) >= 11 is 0. The van der Waals surface area contributed by atoms with Crippen molar-refractivity contribution >= 4 is 5.84 Å². The summed E-state index contributed by atoms with van der Waals surface area (Å²) < 4.78 is 0. The molecule has 2 unspecified atom stereocenters. The lowest BCUT2D eigenvalue weighted by Gasteiger charge is -2.31. The number of hydrogen-bond acceptors (Lipinski definition) is 2. The van der Waals surface area contributed by atoms with Crippen LogP contribution in [0.4, 0.5) is 0 Å². The number of aliphatic imine (C=N–C) groups is 1. The van der Waals surface area contributed by atoms with Gasteiger partial charge in [0.1, 0.15) is 0 Å². The SMILES string of the molecule is CC1=NC2CCCC(C)(C)CCC2N1. The standard InChI is InChI=1S/C12H22N2/c1-9-13-10-5-4-7-12(2,3)8-6-11(10)14-9/h10-11H,4-8H2,1-3H3,(H,13,14). The van der Waals surface area contributed by atoms with Gasteiger partial charge < -0.3 is 5.32 Å². The molecule has 0 aromatic rings. The van der Waals surface area contributed by atoms with Crippen molar-refractivity contribution in [1.29, 1.82) is 0 Å². The van der Waals surface area contributed by atoms with E-state index < -0.39 is 0 Å². The Morgan fingerprint density at radius 1 is 1.29 bits per heavy atom. The zero-order valence-electron chi connectivity index (χ0n) is 9.64. The third kappa shape index (κ3) is 2.10. The second-order valence-electron chi connectivity index (χ2n) is 5.63. The maximum atomic E-state index is 4.67. The molecule has 1 fully saturated rings. The highest BCUT2D eigenvalue weighted by Gasteiger charge is 2.31. The molecule has 2 rings (SSSR count). The van der Waals surface area contributed by atoms with Crippen LogP contribution in [0.15, 0.2) is 4.99 Å². The highest BCUT2D eigenvalue weighted by Crippen LogP contribution is 2.34. The molecule has 1 aliphatic heterocycles. The molecule has 2 atom stereocenters. The van der Waals surface area contributed by atoms with E-state index in [1.165, 1.54) is 32.1 Å². The van der Waals surface area contributed by atoms with E-state index in [0.29, 0.717) is 17.5 Å². The summed E-state index contributed by atoms with van der Waals surface area (Å²) in [6.45, 7) is 6.89. The summed E-state index contributed by atoms with van der Waals surface area (Å²) in [4.78, 5) is 4.67. The van der Waals surface area contributed by atoms with Gasteiger partial charge >= 0.3 is 0 Å². The predicted octanol–water partition coefficient (Wildman–Crippen LogP) is 2.74. The third-order valence-electron chi connectivity index (χ3n) is 3.70. The van der Waals surface area contributed by atoms with Crippen LogP contribution in [0.5, 0.6) is 0 Å². The lowest BCUT2D eigenvalue weighted by Crippen LogP contribution is -2.36. The summed E-state index contributed by atoms with van der Waals surface area (Å²) in [5, 5.41) is 3.51. The van der Waals surface area contributed by atoms with Crippen molar-refractivity contribution in [2.45, 2.75) is 65.0 Å². The second kappa shape index (κ2) is 3.56. The number of rotatable bonds is 0. The monoisotopic (exact) mass is 194 g/mol. The quantitative estimate of drug-likeness (QED) is 0.630. The molecule has 1 aliphatic carbocycles. The van der Waals surface area contributed by atoms with Gasteiger partial charge in [-0.1, -0.05) is 20.3 Å². The van der Waals surface area contributed by atoms with Crippen molar-refractivity contribution < 1.29 is 0 Å². The van der Waals surface area contributed by atoms with Gasteiger partial charge in [0.05, 0.1) is 11.9 Å². The number of fused-ring (bicyclic) bond motifs is 1. The lowest BCUT2D eigenvalue weighted by atomic mass is 9.77. The molecule has 0 amide bonds. The van der Waals surface area contributed by atoms with Crippen molar-refractivity contribution in [1.82, 2.24) is 5.32 Å². The average molecular weight is 194 g/mol. The van der Waals surface area contributed by atoms with E-state index >= 15 is 0 Å². The Morgan fingerprint density at radius 2 is 2.07 bits per heavy atom. The van der Waals surface area contributed by atoms with Gasteiger partial charge in [-0.05, 0) is 38.0 Å². The predicted molar refractivity (Wildman–Crippen MR) is 60.7 cm³/mol. The van der Waals surface area contributed by atoms with E-state index in [2.05, 4.69) is 31.1 Å². The van der Waals surface area contributed by atoms with E-state index in [4.69, 9.17) is 0 Å². The minimum atomic E-state index is 0.545. The number of nitrogens with zero attached hydrogens (tertiary/aromatic N) is 1. The molecule has 14 heavy (non-hydrogen) atoms. The van der Waals surface area contributed by atoms with E-state index in [1.807, 2.05) is 0 Å². The topological polar surface area (TPSA) is 24.4 Å². The zero-order valence-corrected chi connectivity index (χ0v) is 9.64. The maximum Gasteiger partial charge on any atom is 0.0938 e. The fraction of sp³-hybridized carbons (Fsp3) is 0.917. The van der Waals surface area contributed by atoms with Gasteiger partial charge in [0, 0.05) is 6.04 Å². The van der Waals surface area contributed by atoms with Crippen LogP contribution in [0.25, 0.3) is 0 Å². The summed E-state index contributed by atoms with van der Waals surface area (Å²) in [5.74, 6) is 1.15. The van der Waals surface area contributed by atoms with Crippen LogP contribution in [0.2, 0.25) is 0 Å². The molecule has 80 valence electrons. The van der Waals surface area contributed by atoms with Crippen LogP contribution in [-0.2, 0) is 0 Å². The van der Waals surface area contributed by atoms with E-state index in [0.717, 1.165) is 5.84 Å². The smallest absolute Gasteiger partial charge is 0.0938 e. The first-order valence-electron chi connectivity index (χ1n) is 5.88. The Hall–Kier alpha value is -0.530. The number of hydrogen-bond donors (Lipinski definition) is 1. The second-order valence-corrected chi connectivity index (χ2v) is 5.63. The molecule has 1 saturated carbocycles. The number of amidine groups is 1. The molecule has 2 nitrogen and oxygen atoms in total. The average Bonchev–Trinajstić information content (AvgIpc) is 2.41. The summed E-state index contributed by atoms with van der Waals surface area (Å²) in [7, 11) is 0. The molecule has 0 bridgehead atoms. The molecule has 0 aromatic carbocycles. The first-order chi connectivity index (χ1) is 6.57. The summed E-state index contributed by atoms with van der Waals surface area (Å²) in [5.41, 5.74) is 0.545. The van der Waals surface area contributed by atoms with Crippen molar-refractivity contribution in [3.05, 3.63) is 0 Å². The zero-order chi connectivity index (χ0) is 10.2. The first kappa shape index (κ1) is 10.0. The fourth-order valence-electron chi connectivity index (χ4n) is 2.73. The van der Waals surface area contributed by atoms with Crippen LogP contribution in [0.1, 0.15) is 52.9 Å². The Labute approximate surface area is 87.2 Å². The van der Waals surface area contributed by atoms with Crippen LogP contribution in [-0.4, -0.2) is 17.9 Å². The molecule has 2 aliphatic rings. The van der Waals surface area contributed by atoms with Crippen LogP contribution in [0, 0.1) is 5.41 Å². The highest BCUT2D eigenvalue weighted by molar-refractivity contribution is 5.81. The molecule has 0 spiro atoms. The fourth-order valence-corrected chi connectivity index (χ4v) is 2.73. The lowest BCUT2D eigenvalue weighted by molar-refractivity contribution is 0.242. The van der Waals surface area contributed by atoms with Gasteiger partial charge in [-0.2, -0.15) is 0 Å². The van der Waals surface area contributed by atoms with Crippen molar-refractivity contribution in [2.75, 3.05) is 0 Å². The molecular weight excluding hydrogens is 172 g/mol. The normalized spacial score (nSPS) is 36.4. The van der Waals surface area contributed by atoms with Gasteiger partial charge in [-0.15, -0.1) is 0 Å². The molecule has 0 saturated heterocycles. The highest BCUT2D eigenvalue weighted by atomic mass is 15.1. The third-order valence-corrected chi connectivity index (χ3v) is 3.70. The van der Waals surface area contributed by atoms with Gasteiger partial charge in [0.15, 0.2) is 0 Å². The van der Waals surface area contributed by atoms with Gasteiger partial charge in [0.2, 0.25) is 0 Å². The Morgan fingerprint density at radius 3 is 2.86 bits per heavy atom. The van der Waals surface area contributed by atoms with Crippen LogP contribution in [0.3, 0.4) is 0 Å². The summed E-state index contributed by atoms with van der Waals surface area (Å²) in [6.07, 6.45) is 6.61. The molecule has 1 N–H and O–H groups in total. The Kier molecular flexibility index (Phi) is 2.54. The molecule has 2 heteroatoms. The Balaban J connectivity index is 2.00. The van der Waals surface area contributed by atoms with Crippen molar-refractivity contribution in [3.8, 4) is 0 Å². The minimum Gasteiger partial charge on any atom is -0.369 e. The largest absolute Gasteiger partial charge is 0.369 e. The molecule has 0 aromatic heterocycles. The molecule has 0 radical (unpaired) electrons. The van der Waals surface area contributed by atoms with Gasteiger partial charge in [-0.3, -0.25) is 4.99 Å². The van der Waals surface area contributed by atoms with E-state index in [9.17, 15) is 0 Å². The van der Waals surface area contributed by atoms with Crippen molar-refractivity contribution in [2.24, 2.45) is 10.4 Å².